The summed E-state index contributed by atoms with van der Waals surface area (Å²) in [5, 5.41) is 29.6. The van der Waals surface area contributed by atoms with Gasteiger partial charge in [-0.25, -0.2) is 0 Å². The summed E-state index contributed by atoms with van der Waals surface area (Å²) in [6, 6.07) is 13.4. The second kappa shape index (κ2) is 7.51. The Bertz CT molecular complexity index is 1050. The topological polar surface area (TPSA) is 122 Å². The Hall–Kier alpha value is -1.97. The number of fused-ring (bicyclic) bond motifs is 1. The van der Waals surface area contributed by atoms with Crippen LogP contribution in [0, 0.1) is 0 Å². The molecule has 0 saturated carbocycles. The average Bonchev–Trinajstić information content (AvgIpc) is 2.54. The van der Waals surface area contributed by atoms with Gasteiger partial charge in [0.1, 0.15) is 16.3 Å². The molecule has 0 heterocycles. The SMILES string of the molecule is O=S(=O)(O)c1cc(N=Nc2ccccc2)c(O)c2c([O-])cccc12.[Na+]. The molecule has 0 atom stereocenters. The second-order valence-electron chi connectivity index (χ2n) is 4.93. The van der Waals surface area contributed by atoms with Crippen molar-refractivity contribution in [1.82, 2.24) is 0 Å². The molecule has 0 fully saturated rings. The maximum Gasteiger partial charge on any atom is 1.00 e. The first-order valence-corrected chi connectivity index (χ1v) is 8.22. The van der Waals surface area contributed by atoms with E-state index in [-0.39, 0.29) is 46.0 Å². The van der Waals surface area contributed by atoms with Gasteiger partial charge < -0.3 is 10.2 Å². The molecular formula is C16H11N2NaO5S. The van der Waals surface area contributed by atoms with Crippen LogP contribution in [0.5, 0.6) is 11.5 Å². The third kappa shape index (κ3) is 4.00. The van der Waals surface area contributed by atoms with Gasteiger partial charge in [-0.3, -0.25) is 4.55 Å². The molecule has 3 aromatic rings. The van der Waals surface area contributed by atoms with Crippen LogP contribution < -0.4 is 34.7 Å². The van der Waals surface area contributed by atoms with E-state index >= 15 is 0 Å². The summed E-state index contributed by atoms with van der Waals surface area (Å²) in [5.41, 5.74) is 0.239. The molecule has 0 bridgehead atoms. The normalized spacial score (nSPS) is 11.6. The number of phenolic OH excluding ortho intramolecular Hbond substituents is 1. The molecule has 25 heavy (non-hydrogen) atoms. The summed E-state index contributed by atoms with van der Waals surface area (Å²) in [5.74, 6) is -1.09. The predicted octanol–water partition coefficient (Wildman–Crippen LogP) is 0.285. The molecule has 122 valence electrons. The monoisotopic (exact) mass is 366 g/mol. The van der Waals surface area contributed by atoms with Crippen LogP contribution in [-0.4, -0.2) is 18.1 Å². The molecule has 3 rings (SSSR count). The van der Waals surface area contributed by atoms with Crippen LogP contribution in [0.2, 0.25) is 0 Å². The van der Waals surface area contributed by atoms with Crippen molar-refractivity contribution in [3.8, 4) is 11.5 Å². The molecule has 0 unspecified atom stereocenters. The summed E-state index contributed by atoms with van der Waals surface area (Å²) < 4.78 is 32.6. The molecule has 0 aliphatic heterocycles. The summed E-state index contributed by atoms with van der Waals surface area (Å²) in [6.07, 6.45) is 0. The van der Waals surface area contributed by atoms with Crippen molar-refractivity contribution in [2.75, 3.05) is 0 Å². The smallest absolute Gasteiger partial charge is 0.872 e. The van der Waals surface area contributed by atoms with Crippen LogP contribution in [0.3, 0.4) is 0 Å². The number of phenols is 1. The second-order valence-corrected chi connectivity index (χ2v) is 6.32. The molecule has 9 heteroatoms. The molecule has 0 aliphatic rings. The fraction of sp³-hybridized carbons (Fsp3) is 0. The van der Waals surface area contributed by atoms with Crippen LogP contribution in [0.25, 0.3) is 10.8 Å². The van der Waals surface area contributed by atoms with E-state index in [2.05, 4.69) is 10.2 Å². The molecule has 2 N–H and O–H groups in total. The van der Waals surface area contributed by atoms with Crippen LogP contribution in [0.15, 0.2) is 69.7 Å². The predicted molar refractivity (Wildman–Crippen MR) is 85.5 cm³/mol. The zero-order valence-electron chi connectivity index (χ0n) is 13.1. The zero-order valence-corrected chi connectivity index (χ0v) is 15.9. The van der Waals surface area contributed by atoms with E-state index in [0.717, 1.165) is 6.07 Å². The van der Waals surface area contributed by atoms with E-state index in [9.17, 15) is 23.2 Å². The van der Waals surface area contributed by atoms with Gasteiger partial charge in [0.2, 0.25) is 0 Å². The van der Waals surface area contributed by atoms with Crippen LogP contribution in [0.4, 0.5) is 11.4 Å². The number of rotatable bonds is 3. The average molecular weight is 366 g/mol. The first kappa shape index (κ1) is 19.4. The number of nitrogens with zero attached hydrogens (tertiary/aromatic N) is 2. The number of hydrogen-bond acceptors (Lipinski definition) is 6. The van der Waals surface area contributed by atoms with Gasteiger partial charge in [0.25, 0.3) is 10.1 Å². The molecule has 3 aromatic carbocycles. The number of hydrogen-bond donors (Lipinski definition) is 2. The first-order valence-electron chi connectivity index (χ1n) is 6.78. The molecule has 0 spiro atoms. The fourth-order valence-electron chi connectivity index (χ4n) is 2.27. The van der Waals surface area contributed by atoms with Crippen molar-refractivity contribution in [3.05, 3.63) is 54.6 Å². The van der Waals surface area contributed by atoms with Crippen molar-refractivity contribution < 1.29 is 52.7 Å². The fourth-order valence-corrected chi connectivity index (χ4v) is 2.98. The molecule has 0 radical (unpaired) electrons. The van der Waals surface area contributed by atoms with Gasteiger partial charge in [-0.2, -0.15) is 13.5 Å². The molecule has 0 amide bonds. The van der Waals surface area contributed by atoms with Gasteiger partial charge >= 0.3 is 29.6 Å². The Morgan fingerprint density at radius 1 is 0.960 bits per heavy atom. The maximum absolute atomic E-state index is 12.0. The van der Waals surface area contributed by atoms with Gasteiger partial charge in [-0.15, -0.1) is 5.11 Å². The standard InChI is InChI=1S/C16H12N2O5S.Na/c19-13-8-4-7-11-14(24(21,22)23)9-12(16(20)15(11)13)18-17-10-5-2-1-3-6-10;/h1-9,19-20H,(H,21,22,23);/q;+1/p-1. The Morgan fingerprint density at radius 3 is 2.28 bits per heavy atom. The molecule has 0 saturated heterocycles. The Balaban J connectivity index is 0.00000225. The largest absolute Gasteiger partial charge is 1.00 e. The van der Waals surface area contributed by atoms with Crippen LogP contribution in [-0.2, 0) is 10.1 Å². The summed E-state index contributed by atoms with van der Waals surface area (Å²) in [6.45, 7) is 0. The third-order valence-corrected chi connectivity index (χ3v) is 4.24. The zero-order chi connectivity index (χ0) is 17.3. The van der Waals surface area contributed by atoms with Gasteiger partial charge in [0, 0.05) is 10.8 Å². The Kier molecular flexibility index (Phi) is 5.81. The van der Waals surface area contributed by atoms with Gasteiger partial charge in [-0.1, -0.05) is 42.1 Å². The van der Waals surface area contributed by atoms with Crippen molar-refractivity contribution in [3.63, 3.8) is 0 Å². The van der Waals surface area contributed by atoms with Gasteiger partial charge in [-0.05, 0) is 18.2 Å². The minimum atomic E-state index is -4.62. The van der Waals surface area contributed by atoms with E-state index in [1.165, 1.54) is 18.2 Å². The number of benzene rings is 3. The molecule has 7 nitrogen and oxygen atoms in total. The van der Waals surface area contributed by atoms with Gasteiger partial charge in [0.15, 0.2) is 0 Å². The van der Waals surface area contributed by atoms with E-state index in [1.54, 1.807) is 30.3 Å². The van der Waals surface area contributed by atoms with Crippen molar-refractivity contribution in [2.24, 2.45) is 10.2 Å². The van der Waals surface area contributed by atoms with Gasteiger partial charge in [0.05, 0.1) is 5.69 Å². The summed E-state index contributed by atoms with van der Waals surface area (Å²) in [4.78, 5) is -0.519. The third-order valence-electron chi connectivity index (χ3n) is 3.35. The van der Waals surface area contributed by atoms with Crippen molar-refractivity contribution in [2.45, 2.75) is 4.90 Å². The molecule has 0 aromatic heterocycles. The quantitative estimate of drug-likeness (QED) is 0.392. The number of aromatic hydroxyl groups is 1. The van der Waals surface area contributed by atoms with Crippen molar-refractivity contribution in [1.29, 1.82) is 0 Å². The summed E-state index contributed by atoms with van der Waals surface area (Å²) in [7, 11) is -4.62. The number of azo groups is 1. The van der Waals surface area contributed by atoms with E-state index < -0.39 is 26.5 Å². The van der Waals surface area contributed by atoms with E-state index in [0.29, 0.717) is 5.69 Å². The minimum Gasteiger partial charge on any atom is -0.872 e. The summed E-state index contributed by atoms with van der Waals surface area (Å²) >= 11 is 0. The van der Waals surface area contributed by atoms with Crippen LogP contribution >= 0.6 is 0 Å². The maximum atomic E-state index is 12.0. The Morgan fingerprint density at radius 2 is 1.64 bits per heavy atom. The van der Waals surface area contributed by atoms with Crippen molar-refractivity contribution >= 4 is 32.3 Å². The van der Waals surface area contributed by atoms with Crippen LogP contribution in [0.1, 0.15) is 0 Å². The van der Waals surface area contributed by atoms with E-state index in [4.69, 9.17) is 0 Å². The minimum absolute atomic E-state index is 0. The first-order chi connectivity index (χ1) is 11.4. The Labute approximate surface area is 165 Å². The molecular weight excluding hydrogens is 355 g/mol. The van der Waals surface area contributed by atoms with E-state index in [1.807, 2.05) is 0 Å². The molecule has 0 aliphatic carbocycles.